The standard InChI is InChI=1S/C33H40O22/c34-6-13-17(40)21(44)24(47)31(49-13)53-27-12(39)5-11(38)16-20(43)29(26(52-28(16)27)9-1-3-10(37)4-2-9)54-33-30(23(46)19(42)15(8-36)51-33)55-32-25(48)22(45)18(41)14(7-35)50-32/h1-5,13-15,17-19,21-25,30-42,44-48H,6-8H2/t13-,14+,15+,17-,18+,19+,21+,22-,23-,24-,25+,30+,31+,32-,33-/m1/s1. The van der Waals surface area contributed by atoms with Crippen molar-refractivity contribution in [1.29, 1.82) is 0 Å². The van der Waals surface area contributed by atoms with E-state index < -0.39 is 157 Å². The summed E-state index contributed by atoms with van der Waals surface area (Å²) in [6.07, 6.45) is -27.9. The summed E-state index contributed by atoms with van der Waals surface area (Å²) in [5, 5.41) is 144. The molecule has 15 atom stereocenters. The molecule has 0 spiro atoms. The van der Waals surface area contributed by atoms with E-state index in [0.717, 1.165) is 0 Å². The third-order valence-electron chi connectivity index (χ3n) is 9.45. The zero-order valence-corrected chi connectivity index (χ0v) is 28.2. The van der Waals surface area contributed by atoms with Crippen LogP contribution in [-0.2, 0) is 18.9 Å². The van der Waals surface area contributed by atoms with Gasteiger partial charge in [0, 0.05) is 11.6 Å². The Morgan fingerprint density at radius 3 is 1.62 bits per heavy atom. The number of hydrogen-bond donors (Lipinski definition) is 14. The summed E-state index contributed by atoms with van der Waals surface area (Å²) in [4.78, 5) is 14.4. The van der Waals surface area contributed by atoms with Crippen LogP contribution < -0.4 is 14.9 Å². The number of hydrogen-bond acceptors (Lipinski definition) is 22. The number of benzene rings is 2. The van der Waals surface area contributed by atoms with Crippen LogP contribution >= 0.6 is 0 Å². The van der Waals surface area contributed by atoms with Crippen LogP contribution in [0.15, 0.2) is 39.5 Å². The first-order valence-electron chi connectivity index (χ1n) is 16.7. The molecule has 0 bridgehead atoms. The van der Waals surface area contributed by atoms with E-state index >= 15 is 0 Å². The van der Waals surface area contributed by atoms with Gasteiger partial charge in [0.05, 0.1) is 19.8 Å². The van der Waals surface area contributed by atoms with E-state index in [2.05, 4.69) is 0 Å². The van der Waals surface area contributed by atoms with Gasteiger partial charge in [-0.15, -0.1) is 0 Å². The predicted octanol–water partition coefficient (Wildman–Crippen LogP) is -5.24. The van der Waals surface area contributed by atoms with Crippen molar-refractivity contribution in [3.05, 3.63) is 40.6 Å². The summed E-state index contributed by atoms with van der Waals surface area (Å²) in [5.74, 6) is -4.25. The van der Waals surface area contributed by atoms with Gasteiger partial charge < -0.3 is 104 Å². The molecule has 22 nitrogen and oxygen atoms in total. The lowest BCUT2D eigenvalue weighted by molar-refractivity contribution is -0.358. The van der Waals surface area contributed by atoms with Gasteiger partial charge in [0.15, 0.2) is 29.5 Å². The fourth-order valence-corrected chi connectivity index (χ4v) is 6.35. The van der Waals surface area contributed by atoms with Gasteiger partial charge in [0.25, 0.3) is 0 Å². The minimum atomic E-state index is -2.06. The van der Waals surface area contributed by atoms with E-state index in [1.165, 1.54) is 24.3 Å². The van der Waals surface area contributed by atoms with Gasteiger partial charge in [-0.25, -0.2) is 0 Å². The molecule has 0 saturated carbocycles. The van der Waals surface area contributed by atoms with Gasteiger partial charge in [0.1, 0.15) is 84.0 Å². The molecule has 3 fully saturated rings. The zero-order valence-electron chi connectivity index (χ0n) is 28.2. The Morgan fingerprint density at radius 1 is 0.564 bits per heavy atom. The van der Waals surface area contributed by atoms with Crippen molar-refractivity contribution < 1.29 is 104 Å². The molecule has 3 aliphatic heterocycles. The Balaban J connectivity index is 1.47. The Hall–Kier alpha value is -3.95. The molecule has 3 saturated heterocycles. The van der Waals surface area contributed by atoms with E-state index in [1.807, 2.05) is 0 Å². The molecule has 2 aromatic carbocycles. The summed E-state index contributed by atoms with van der Waals surface area (Å²) < 4.78 is 39.6. The number of ether oxygens (including phenoxy) is 6. The molecule has 14 N–H and O–H groups in total. The number of rotatable bonds is 10. The fourth-order valence-electron chi connectivity index (χ4n) is 6.35. The predicted molar refractivity (Wildman–Crippen MR) is 174 cm³/mol. The normalized spacial score (nSPS) is 36.8. The number of phenols is 3. The van der Waals surface area contributed by atoms with E-state index in [9.17, 15) is 76.3 Å². The number of aromatic hydroxyl groups is 3. The number of aliphatic hydroxyl groups is 11. The van der Waals surface area contributed by atoms with Gasteiger partial charge in [-0.05, 0) is 24.3 Å². The topological polar surface area (TPSA) is 369 Å². The quantitative estimate of drug-likeness (QED) is 0.0912. The molecule has 6 rings (SSSR count). The Bertz CT molecular complexity index is 1850. The summed E-state index contributed by atoms with van der Waals surface area (Å²) in [6.45, 7) is -2.64. The van der Waals surface area contributed by atoms with Crippen molar-refractivity contribution in [2.45, 2.75) is 92.1 Å². The molecule has 0 amide bonds. The van der Waals surface area contributed by atoms with Crippen LogP contribution in [0.1, 0.15) is 0 Å². The van der Waals surface area contributed by atoms with Crippen LogP contribution in [0.3, 0.4) is 0 Å². The molecule has 3 aromatic rings. The first-order valence-corrected chi connectivity index (χ1v) is 16.7. The van der Waals surface area contributed by atoms with Gasteiger partial charge in [-0.3, -0.25) is 4.79 Å². The molecular weight excluding hydrogens is 748 g/mol. The zero-order chi connectivity index (χ0) is 40.0. The minimum Gasteiger partial charge on any atom is -0.508 e. The maximum atomic E-state index is 14.4. The molecule has 3 aliphatic rings. The Morgan fingerprint density at radius 2 is 1.05 bits per heavy atom. The largest absolute Gasteiger partial charge is 0.508 e. The van der Waals surface area contributed by atoms with Crippen LogP contribution in [0.25, 0.3) is 22.3 Å². The maximum Gasteiger partial charge on any atom is 0.239 e. The van der Waals surface area contributed by atoms with E-state index in [0.29, 0.717) is 6.07 Å². The summed E-state index contributed by atoms with van der Waals surface area (Å²) in [7, 11) is 0. The van der Waals surface area contributed by atoms with Gasteiger partial charge in [-0.2, -0.15) is 0 Å². The number of aliphatic hydroxyl groups excluding tert-OH is 11. The van der Waals surface area contributed by atoms with Crippen molar-refractivity contribution in [1.82, 2.24) is 0 Å². The molecule has 22 heteroatoms. The smallest absolute Gasteiger partial charge is 0.239 e. The number of phenolic OH excluding ortho intramolecular Hbond substituents is 3. The van der Waals surface area contributed by atoms with Gasteiger partial charge >= 0.3 is 0 Å². The van der Waals surface area contributed by atoms with E-state index in [1.54, 1.807) is 0 Å². The highest BCUT2D eigenvalue weighted by Gasteiger charge is 2.52. The highest BCUT2D eigenvalue weighted by molar-refractivity contribution is 5.93. The van der Waals surface area contributed by atoms with Crippen LogP contribution in [0.5, 0.6) is 28.7 Å². The Kier molecular flexibility index (Phi) is 12.0. The van der Waals surface area contributed by atoms with E-state index in [4.69, 9.17) is 32.8 Å². The van der Waals surface area contributed by atoms with Crippen LogP contribution in [0.4, 0.5) is 0 Å². The molecule has 304 valence electrons. The Labute approximate surface area is 307 Å². The molecule has 4 heterocycles. The molecule has 1 aromatic heterocycles. The van der Waals surface area contributed by atoms with Gasteiger partial charge in [-0.1, -0.05) is 0 Å². The van der Waals surface area contributed by atoms with E-state index in [-0.39, 0.29) is 11.3 Å². The third kappa shape index (κ3) is 7.51. The second-order valence-corrected chi connectivity index (χ2v) is 13.0. The van der Waals surface area contributed by atoms with Crippen molar-refractivity contribution in [2.24, 2.45) is 0 Å². The summed E-state index contributed by atoms with van der Waals surface area (Å²) >= 11 is 0. The lowest BCUT2D eigenvalue weighted by atomic mass is 9.97. The lowest BCUT2D eigenvalue weighted by Crippen LogP contribution is -2.65. The first-order chi connectivity index (χ1) is 26.1. The second-order valence-electron chi connectivity index (χ2n) is 13.0. The van der Waals surface area contributed by atoms with Gasteiger partial charge in [0.2, 0.25) is 29.5 Å². The van der Waals surface area contributed by atoms with Crippen molar-refractivity contribution >= 4 is 11.0 Å². The van der Waals surface area contributed by atoms with Crippen LogP contribution in [-0.4, -0.2) is 183 Å². The number of fused-ring (bicyclic) bond motifs is 1. The molecule has 55 heavy (non-hydrogen) atoms. The highest BCUT2D eigenvalue weighted by atomic mass is 16.8. The van der Waals surface area contributed by atoms with Crippen molar-refractivity contribution in [3.8, 4) is 40.1 Å². The van der Waals surface area contributed by atoms with Crippen LogP contribution in [0.2, 0.25) is 0 Å². The van der Waals surface area contributed by atoms with Crippen molar-refractivity contribution in [3.63, 3.8) is 0 Å². The minimum absolute atomic E-state index is 0.0464. The monoisotopic (exact) mass is 788 g/mol. The van der Waals surface area contributed by atoms with Crippen molar-refractivity contribution in [2.75, 3.05) is 19.8 Å². The average molecular weight is 789 g/mol. The highest BCUT2D eigenvalue weighted by Crippen LogP contribution is 2.45. The molecule has 0 aliphatic carbocycles. The second kappa shape index (κ2) is 16.3. The molecule has 0 unspecified atom stereocenters. The summed E-state index contributed by atoms with van der Waals surface area (Å²) in [5.41, 5.74) is -2.02. The molecular formula is C33H40O22. The molecule has 0 radical (unpaired) electrons. The average Bonchev–Trinajstić information content (AvgIpc) is 3.16. The summed E-state index contributed by atoms with van der Waals surface area (Å²) in [6, 6.07) is 5.42. The third-order valence-corrected chi connectivity index (χ3v) is 9.45. The first kappa shape index (κ1) is 40.7. The lowest BCUT2D eigenvalue weighted by Gasteiger charge is -2.45. The maximum absolute atomic E-state index is 14.4. The fraction of sp³-hybridized carbons (Fsp3) is 0.545. The van der Waals surface area contributed by atoms with Crippen LogP contribution in [0, 0.1) is 0 Å². The SMILES string of the molecule is O=c1c(O[C@H]2O[C@@H](CO)[C@H](O)[C@@H](O)[C@@H]2O[C@H]2O[C@@H](CO)[C@H](O)[C@@H](O)[C@@H]2O)c(-c2ccc(O)cc2)oc2c(O[C@@H]3O[C@H](CO)[C@@H](O)[C@H](O)[C@H]3O)c(O)cc(O)c12.